The molecule has 0 spiro atoms. The third kappa shape index (κ3) is 4.90. The maximum atomic E-state index is 11.9. The highest BCUT2D eigenvalue weighted by Gasteiger charge is 2.28. The number of aryl methyl sites for hydroxylation is 1. The van der Waals surface area contributed by atoms with E-state index in [0.29, 0.717) is 5.56 Å². The summed E-state index contributed by atoms with van der Waals surface area (Å²) in [5, 5.41) is 0. The molecule has 1 aromatic rings. The second-order valence-corrected chi connectivity index (χ2v) is 3.27. The molecule has 0 aliphatic rings. The minimum absolute atomic E-state index is 0. The predicted octanol–water partition coefficient (Wildman–Crippen LogP) is -0.576. The first-order valence-corrected chi connectivity index (χ1v) is 4.71. The molecule has 1 rings (SSSR count). The molecule has 0 N–H and O–H groups in total. The number of hydrogen-bond acceptors (Lipinski definition) is 1. The Morgan fingerprint density at radius 2 is 2.06 bits per heavy atom. The smallest absolute Gasteiger partial charge is 0.422 e. The summed E-state index contributed by atoms with van der Waals surface area (Å²) in [7, 11) is 0. The van der Waals surface area contributed by atoms with Gasteiger partial charge in [0.25, 0.3) is 0 Å². The van der Waals surface area contributed by atoms with Gasteiger partial charge in [-0.1, -0.05) is 11.6 Å². The van der Waals surface area contributed by atoms with Gasteiger partial charge in [-0.05, 0) is 6.92 Å². The van der Waals surface area contributed by atoms with Crippen LogP contribution in [0.2, 0.25) is 0 Å². The van der Waals surface area contributed by atoms with E-state index in [1.807, 2.05) is 0 Å². The average Bonchev–Trinajstić information content (AvgIpc) is 2.14. The number of halogens is 5. The number of hydrogen-bond donors (Lipinski definition) is 0. The Balaban J connectivity index is 0.00000225. The maximum Gasteiger partial charge on any atom is 0.422 e. The summed E-state index contributed by atoms with van der Waals surface area (Å²) in [6, 6.07) is 1.71. The Hall–Kier alpha value is -0.680. The molecule has 0 radical (unpaired) electrons. The summed E-state index contributed by atoms with van der Waals surface area (Å²) in [5.74, 6) is 0.216. The predicted molar refractivity (Wildman–Crippen MR) is 48.8 cm³/mol. The van der Waals surface area contributed by atoms with Gasteiger partial charge in [0, 0.05) is 6.07 Å². The van der Waals surface area contributed by atoms with Crippen molar-refractivity contribution < 1.29 is 34.9 Å². The standard InChI is InChI=1S/C9H10ClF3NO.ClH/c1-7-4-14(6-10)3-2-8(7)15-5-9(11,12)13;/h2-4H,5-6H2,1H3;1H/q+1;/p-1. The number of ether oxygens (including phenoxy) is 1. The molecule has 0 amide bonds. The third-order valence-electron chi connectivity index (χ3n) is 1.69. The van der Waals surface area contributed by atoms with E-state index in [1.165, 1.54) is 6.07 Å². The second kappa shape index (κ2) is 6.15. The molecule has 1 aromatic heterocycles. The van der Waals surface area contributed by atoms with Crippen molar-refractivity contribution in [1.82, 2.24) is 0 Å². The molecule has 92 valence electrons. The molecule has 0 atom stereocenters. The molecule has 0 saturated heterocycles. The van der Waals surface area contributed by atoms with Crippen molar-refractivity contribution in [2.24, 2.45) is 0 Å². The van der Waals surface area contributed by atoms with Crippen LogP contribution >= 0.6 is 11.6 Å². The largest absolute Gasteiger partial charge is 1.00 e. The molecule has 1 heterocycles. The van der Waals surface area contributed by atoms with E-state index in [9.17, 15) is 13.2 Å². The molecular weight excluding hydrogens is 266 g/mol. The van der Waals surface area contributed by atoms with E-state index in [4.69, 9.17) is 11.6 Å². The first-order chi connectivity index (χ1) is 6.92. The lowest BCUT2D eigenvalue weighted by molar-refractivity contribution is -0.678. The van der Waals surface area contributed by atoms with Crippen molar-refractivity contribution in [2.75, 3.05) is 6.61 Å². The number of pyridine rings is 1. The van der Waals surface area contributed by atoms with Crippen LogP contribution in [0.25, 0.3) is 0 Å². The summed E-state index contributed by atoms with van der Waals surface area (Å²) in [4.78, 5) is 0. The van der Waals surface area contributed by atoms with Crippen LogP contribution in [0.4, 0.5) is 13.2 Å². The van der Waals surface area contributed by atoms with Crippen LogP contribution in [-0.2, 0) is 6.00 Å². The lowest BCUT2D eigenvalue weighted by Crippen LogP contribution is -3.00. The lowest BCUT2D eigenvalue weighted by Gasteiger charge is -2.09. The zero-order valence-corrected chi connectivity index (χ0v) is 9.90. The molecule has 0 aliphatic heterocycles. The van der Waals surface area contributed by atoms with Crippen molar-refractivity contribution in [3.8, 4) is 5.75 Å². The van der Waals surface area contributed by atoms with Gasteiger partial charge in [-0.3, -0.25) is 0 Å². The van der Waals surface area contributed by atoms with Crippen molar-refractivity contribution in [3.63, 3.8) is 0 Å². The normalized spacial score (nSPS) is 10.8. The van der Waals surface area contributed by atoms with E-state index < -0.39 is 12.8 Å². The highest BCUT2D eigenvalue weighted by atomic mass is 35.5. The Bertz CT molecular complexity index is 344. The van der Waals surface area contributed by atoms with Crippen LogP contribution < -0.4 is 21.7 Å². The van der Waals surface area contributed by atoms with Gasteiger partial charge in [0.05, 0.1) is 5.56 Å². The molecule has 16 heavy (non-hydrogen) atoms. The van der Waals surface area contributed by atoms with Crippen LogP contribution in [0.5, 0.6) is 5.75 Å². The maximum absolute atomic E-state index is 11.9. The third-order valence-corrected chi connectivity index (χ3v) is 1.97. The monoisotopic (exact) mass is 275 g/mol. The number of alkyl halides is 4. The minimum Gasteiger partial charge on any atom is -1.00 e. The minimum atomic E-state index is -4.31. The second-order valence-electron chi connectivity index (χ2n) is 3.03. The van der Waals surface area contributed by atoms with Gasteiger partial charge in [0.1, 0.15) is 5.75 Å². The molecule has 0 aliphatic carbocycles. The van der Waals surface area contributed by atoms with Crippen LogP contribution in [-0.4, -0.2) is 12.8 Å². The fourth-order valence-corrected chi connectivity index (χ4v) is 1.19. The summed E-state index contributed by atoms with van der Waals surface area (Å²) in [6.45, 7) is 0.382. The van der Waals surface area contributed by atoms with E-state index in [-0.39, 0.29) is 24.2 Å². The van der Waals surface area contributed by atoms with E-state index in [0.717, 1.165) is 0 Å². The number of aromatic nitrogens is 1. The molecule has 0 saturated carbocycles. The van der Waals surface area contributed by atoms with E-state index in [2.05, 4.69) is 4.74 Å². The lowest BCUT2D eigenvalue weighted by atomic mass is 10.3. The highest BCUT2D eigenvalue weighted by Crippen LogP contribution is 2.20. The van der Waals surface area contributed by atoms with Gasteiger partial charge in [0.2, 0.25) is 6.00 Å². The van der Waals surface area contributed by atoms with Crippen LogP contribution in [0.1, 0.15) is 5.56 Å². The fourth-order valence-electron chi connectivity index (χ4n) is 1.05. The van der Waals surface area contributed by atoms with Crippen molar-refractivity contribution in [1.29, 1.82) is 0 Å². The zero-order valence-electron chi connectivity index (χ0n) is 8.39. The summed E-state index contributed by atoms with van der Waals surface area (Å²) >= 11 is 5.54. The van der Waals surface area contributed by atoms with Crippen LogP contribution in [0, 0.1) is 6.92 Å². The quantitative estimate of drug-likeness (QED) is 0.532. The van der Waals surface area contributed by atoms with Crippen molar-refractivity contribution in [2.45, 2.75) is 19.1 Å². The van der Waals surface area contributed by atoms with Gasteiger partial charge in [-0.25, -0.2) is 0 Å². The molecule has 0 bridgehead atoms. The Kier molecular flexibility index (Phi) is 5.89. The molecule has 0 fully saturated rings. The van der Waals surface area contributed by atoms with Gasteiger partial charge >= 0.3 is 6.18 Å². The number of nitrogens with zero attached hydrogens (tertiary/aromatic N) is 1. The molecule has 0 aromatic carbocycles. The fraction of sp³-hybridized carbons (Fsp3) is 0.444. The molecule has 7 heteroatoms. The molecule has 0 unspecified atom stereocenters. The Labute approximate surface area is 102 Å². The van der Waals surface area contributed by atoms with Crippen molar-refractivity contribution >= 4 is 11.6 Å². The van der Waals surface area contributed by atoms with Crippen molar-refractivity contribution in [3.05, 3.63) is 24.0 Å². The SMILES string of the molecule is Cc1c[n+](CCl)ccc1OCC(F)(F)F.[Cl-]. The summed E-state index contributed by atoms with van der Waals surface area (Å²) < 4.78 is 41.9. The van der Waals surface area contributed by atoms with E-state index >= 15 is 0 Å². The molecule has 2 nitrogen and oxygen atoms in total. The van der Waals surface area contributed by atoms with Gasteiger partial charge in [-0.2, -0.15) is 17.7 Å². The Morgan fingerprint density at radius 1 is 1.44 bits per heavy atom. The Morgan fingerprint density at radius 3 is 2.50 bits per heavy atom. The zero-order chi connectivity index (χ0) is 11.5. The molecular formula is C9H10Cl2F3NO. The van der Waals surface area contributed by atoms with Gasteiger partial charge < -0.3 is 17.1 Å². The summed E-state index contributed by atoms with van der Waals surface area (Å²) in [6.07, 6.45) is -1.13. The van der Waals surface area contributed by atoms with Crippen LogP contribution in [0.15, 0.2) is 18.5 Å². The highest BCUT2D eigenvalue weighted by molar-refractivity contribution is 6.14. The first-order valence-electron chi connectivity index (χ1n) is 4.17. The van der Waals surface area contributed by atoms with Crippen LogP contribution in [0.3, 0.4) is 0 Å². The average molecular weight is 276 g/mol. The number of rotatable bonds is 3. The van der Waals surface area contributed by atoms with Gasteiger partial charge in [0.15, 0.2) is 19.0 Å². The first kappa shape index (κ1) is 15.3. The summed E-state index contributed by atoms with van der Waals surface area (Å²) in [5.41, 5.74) is 0.613. The van der Waals surface area contributed by atoms with Gasteiger partial charge in [-0.15, -0.1) is 0 Å². The topological polar surface area (TPSA) is 13.1 Å². The van der Waals surface area contributed by atoms with E-state index in [1.54, 1.807) is 23.9 Å².